The predicted octanol–water partition coefficient (Wildman–Crippen LogP) is 5.67. The zero-order valence-corrected chi connectivity index (χ0v) is 16.5. The second-order valence-corrected chi connectivity index (χ2v) is 6.82. The monoisotopic (exact) mass is 410 g/mol. The second kappa shape index (κ2) is 7.75. The number of methoxy groups -OCH3 is 2. The van der Waals surface area contributed by atoms with Crippen molar-refractivity contribution in [3.05, 3.63) is 81.8 Å². The van der Waals surface area contributed by atoms with Crippen LogP contribution >= 0.6 is 15.9 Å². The van der Waals surface area contributed by atoms with Gasteiger partial charge in [-0.15, -0.1) is 0 Å². The van der Waals surface area contributed by atoms with E-state index in [-0.39, 0.29) is 5.78 Å². The Hall–Kier alpha value is -2.59. The number of rotatable bonds is 5. The summed E-state index contributed by atoms with van der Waals surface area (Å²) in [6.45, 7) is 1.99. The van der Waals surface area contributed by atoms with Gasteiger partial charge < -0.3 is 9.47 Å². The van der Waals surface area contributed by atoms with Crippen LogP contribution in [0.4, 0.5) is 0 Å². The molecule has 3 aromatic rings. The standard InChI is InChI=1S/C22H19BrO3/c1-14-5-4-6-18(22(24)15-7-9-16(23)10-8-15)21(14)19-13-17(25-2)11-12-20(19)26-3/h4-13H,1-3H3. The number of halogens is 1. The number of carbonyl (C=O) groups is 1. The summed E-state index contributed by atoms with van der Waals surface area (Å²) in [5.74, 6) is 1.39. The largest absolute Gasteiger partial charge is 0.497 e. The van der Waals surface area contributed by atoms with E-state index in [4.69, 9.17) is 9.47 Å². The van der Waals surface area contributed by atoms with Crippen molar-refractivity contribution in [1.29, 1.82) is 0 Å². The first kappa shape index (κ1) is 18.2. The van der Waals surface area contributed by atoms with E-state index in [2.05, 4.69) is 15.9 Å². The number of aryl methyl sites for hydroxylation is 1. The summed E-state index contributed by atoms with van der Waals surface area (Å²) < 4.78 is 11.8. The summed E-state index contributed by atoms with van der Waals surface area (Å²) in [4.78, 5) is 13.2. The molecule has 0 aliphatic rings. The third kappa shape index (κ3) is 3.51. The molecule has 0 bridgehead atoms. The summed E-state index contributed by atoms with van der Waals surface area (Å²) in [5, 5.41) is 0. The normalized spacial score (nSPS) is 10.5. The Kier molecular flexibility index (Phi) is 5.43. The summed E-state index contributed by atoms with van der Waals surface area (Å²) >= 11 is 3.41. The minimum Gasteiger partial charge on any atom is -0.497 e. The maximum Gasteiger partial charge on any atom is 0.193 e. The quantitative estimate of drug-likeness (QED) is 0.508. The minimum absolute atomic E-state index is 0.0268. The molecule has 4 heteroatoms. The predicted molar refractivity (Wildman–Crippen MR) is 107 cm³/mol. The van der Waals surface area contributed by atoms with Crippen LogP contribution in [0.2, 0.25) is 0 Å². The number of hydrogen-bond donors (Lipinski definition) is 0. The Morgan fingerprint density at radius 2 is 1.65 bits per heavy atom. The lowest BCUT2D eigenvalue weighted by Gasteiger charge is -2.16. The van der Waals surface area contributed by atoms with Crippen LogP contribution < -0.4 is 9.47 Å². The van der Waals surface area contributed by atoms with Crippen LogP contribution in [-0.4, -0.2) is 20.0 Å². The first-order valence-corrected chi connectivity index (χ1v) is 8.96. The van der Waals surface area contributed by atoms with Gasteiger partial charge in [-0.3, -0.25) is 4.79 Å². The highest BCUT2D eigenvalue weighted by molar-refractivity contribution is 9.10. The van der Waals surface area contributed by atoms with Crippen LogP contribution in [0.25, 0.3) is 11.1 Å². The van der Waals surface area contributed by atoms with Gasteiger partial charge in [0.05, 0.1) is 14.2 Å². The van der Waals surface area contributed by atoms with Gasteiger partial charge in [-0.2, -0.15) is 0 Å². The molecule has 0 heterocycles. The van der Waals surface area contributed by atoms with Crippen molar-refractivity contribution in [3.63, 3.8) is 0 Å². The maximum absolute atomic E-state index is 13.2. The molecule has 0 saturated carbocycles. The van der Waals surface area contributed by atoms with Gasteiger partial charge in [0.25, 0.3) is 0 Å². The van der Waals surface area contributed by atoms with Crippen LogP contribution in [0.1, 0.15) is 21.5 Å². The molecule has 0 amide bonds. The van der Waals surface area contributed by atoms with Gasteiger partial charge in [-0.1, -0.05) is 34.1 Å². The van der Waals surface area contributed by atoms with E-state index < -0.39 is 0 Å². The summed E-state index contributed by atoms with van der Waals surface area (Å²) in [7, 11) is 3.25. The van der Waals surface area contributed by atoms with Crippen LogP contribution in [-0.2, 0) is 0 Å². The molecule has 0 unspecified atom stereocenters. The highest BCUT2D eigenvalue weighted by Crippen LogP contribution is 2.38. The summed E-state index contributed by atoms with van der Waals surface area (Å²) in [6.07, 6.45) is 0. The third-order valence-electron chi connectivity index (χ3n) is 4.30. The van der Waals surface area contributed by atoms with Crippen LogP contribution in [0.15, 0.2) is 65.1 Å². The third-order valence-corrected chi connectivity index (χ3v) is 4.83. The van der Waals surface area contributed by atoms with Gasteiger partial charge in [-0.05, 0) is 60.5 Å². The molecule has 0 aliphatic carbocycles. The van der Waals surface area contributed by atoms with Crippen LogP contribution in [0.5, 0.6) is 11.5 Å². The fourth-order valence-corrected chi connectivity index (χ4v) is 3.25. The molecule has 26 heavy (non-hydrogen) atoms. The first-order valence-electron chi connectivity index (χ1n) is 8.17. The Labute approximate surface area is 161 Å². The molecule has 0 aromatic heterocycles. The zero-order valence-electron chi connectivity index (χ0n) is 14.9. The number of carbonyl (C=O) groups excluding carboxylic acids is 1. The van der Waals surface area contributed by atoms with Crippen molar-refractivity contribution in [2.24, 2.45) is 0 Å². The zero-order chi connectivity index (χ0) is 18.7. The van der Waals surface area contributed by atoms with Gasteiger partial charge in [-0.25, -0.2) is 0 Å². The molecule has 0 aliphatic heterocycles. The molecule has 3 rings (SSSR count). The van der Waals surface area contributed by atoms with Gasteiger partial charge in [0.2, 0.25) is 0 Å². The van der Waals surface area contributed by atoms with Crippen molar-refractivity contribution in [2.75, 3.05) is 14.2 Å². The van der Waals surface area contributed by atoms with Crippen molar-refractivity contribution >= 4 is 21.7 Å². The Bertz CT molecular complexity index is 946. The van der Waals surface area contributed by atoms with E-state index in [1.54, 1.807) is 14.2 Å². The van der Waals surface area contributed by atoms with E-state index in [0.717, 1.165) is 21.2 Å². The second-order valence-electron chi connectivity index (χ2n) is 5.90. The lowest BCUT2D eigenvalue weighted by molar-refractivity contribution is 0.103. The molecule has 132 valence electrons. The number of ketones is 1. The molecule has 0 fully saturated rings. The number of benzene rings is 3. The number of ether oxygens (including phenoxy) is 2. The van der Waals surface area contributed by atoms with E-state index in [9.17, 15) is 4.79 Å². The van der Waals surface area contributed by atoms with Gasteiger partial charge in [0.1, 0.15) is 11.5 Å². The smallest absolute Gasteiger partial charge is 0.193 e. The van der Waals surface area contributed by atoms with E-state index in [1.807, 2.05) is 67.6 Å². The maximum atomic E-state index is 13.2. The molecule has 0 atom stereocenters. The van der Waals surface area contributed by atoms with Gasteiger partial charge in [0.15, 0.2) is 5.78 Å². The van der Waals surface area contributed by atoms with E-state index in [1.165, 1.54) is 0 Å². The number of hydrogen-bond acceptors (Lipinski definition) is 3. The van der Waals surface area contributed by atoms with Crippen molar-refractivity contribution in [1.82, 2.24) is 0 Å². The first-order chi connectivity index (χ1) is 12.5. The van der Waals surface area contributed by atoms with Crippen molar-refractivity contribution < 1.29 is 14.3 Å². The molecular formula is C22H19BrO3. The lowest BCUT2D eigenvalue weighted by atomic mass is 9.90. The minimum atomic E-state index is -0.0268. The molecular weight excluding hydrogens is 392 g/mol. The molecule has 3 aromatic carbocycles. The lowest BCUT2D eigenvalue weighted by Crippen LogP contribution is -2.05. The molecule has 3 nitrogen and oxygen atoms in total. The van der Waals surface area contributed by atoms with E-state index in [0.29, 0.717) is 22.6 Å². The Balaban J connectivity index is 2.21. The molecule has 0 spiro atoms. The molecule has 0 saturated heterocycles. The fourth-order valence-electron chi connectivity index (χ4n) is 2.98. The Morgan fingerprint density at radius 1 is 0.923 bits per heavy atom. The Morgan fingerprint density at radius 3 is 2.31 bits per heavy atom. The summed E-state index contributed by atoms with van der Waals surface area (Å²) in [6, 6.07) is 18.7. The molecule has 0 radical (unpaired) electrons. The van der Waals surface area contributed by atoms with Gasteiger partial charge >= 0.3 is 0 Å². The highest BCUT2D eigenvalue weighted by atomic mass is 79.9. The highest BCUT2D eigenvalue weighted by Gasteiger charge is 2.19. The van der Waals surface area contributed by atoms with Crippen molar-refractivity contribution in [3.8, 4) is 22.6 Å². The van der Waals surface area contributed by atoms with Gasteiger partial charge in [0, 0.05) is 21.2 Å². The SMILES string of the molecule is COc1ccc(OC)c(-c2c(C)cccc2C(=O)c2ccc(Br)cc2)c1. The topological polar surface area (TPSA) is 35.5 Å². The average Bonchev–Trinajstić information content (AvgIpc) is 2.67. The average molecular weight is 411 g/mol. The van der Waals surface area contributed by atoms with Crippen LogP contribution in [0.3, 0.4) is 0 Å². The fraction of sp³-hybridized carbons (Fsp3) is 0.136. The molecule has 0 N–H and O–H groups in total. The van der Waals surface area contributed by atoms with Crippen molar-refractivity contribution in [2.45, 2.75) is 6.92 Å². The summed E-state index contributed by atoms with van der Waals surface area (Å²) in [5.41, 5.74) is 3.97. The van der Waals surface area contributed by atoms with E-state index >= 15 is 0 Å². The van der Waals surface area contributed by atoms with Crippen LogP contribution in [0, 0.1) is 6.92 Å².